The number of unbranched alkanes of at least 4 members (excludes halogenated alkanes) is 8. The minimum Gasteiger partial charge on any atom is -0.479 e. The lowest BCUT2D eigenvalue weighted by Gasteiger charge is -2.41. The van der Waals surface area contributed by atoms with E-state index in [9.17, 15) is 14.7 Å². The van der Waals surface area contributed by atoms with Gasteiger partial charge in [-0.1, -0.05) is 92.9 Å². The highest BCUT2D eigenvalue weighted by molar-refractivity contribution is 5.84. The van der Waals surface area contributed by atoms with E-state index in [1.54, 1.807) is 4.90 Å². The zero-order valence-corrected chi connectivity index (χ0v) is 21.4. The quantitative estimate of drug-likeness (QED) is 0.209. The molecule has 0 spiro atoms. The van der Waals surface area contributed by atoms with Crippen molar-refractivity contribution in [1.29, 1.82) is 0 Å². The molecule has 0 aliphatic carbocycles. The molecule has 0 aromatic rings. The number of carbonyl (C=O) groups is 2. The lowest BCUT2D eigenvalue weighted by molar-refractivity contribution is -0.153. The number of carbonyl (C=O) groups excluding carboxylic acids is 1. The first-order valence-electron chi connectivity index (χ1n) is 12.9. The molecule has 31 heavy (non-hydrogen) atoms. The largest absolute Gasteiger partial charge is 0.479 e. The maximum Gasteiger partial charge on any atom is 0.410 e. The van der Waals surface area contributed by atoms with E-state index < -0.39 is 17.6 Å². The zero-order chi connectivity index (χ0) is 23.7. The average molecular weight is 442 g/mol. The number of ether oxygens (including phenoxy) is 1. The molecular formula is C26H51NO4. The minimum atomic E-state index is -1.19. The van der Waals surface area contributed by atoms with Crippen LogP contribution >= 0.6 is 0 Å². The van der Waals surface area contributed by atoms with Crippen LogP contribution in [0.25, 0.3) is 0 Å². The second-order valence-corrected chi connectivity index (χ2v) is 9.96. The smallest absolute Gasteiger partial charge is 0.410 e. The van der Waals surface area contributed by atoms with Gasteiger partial charge in [-0.15, -0.1) is 0 Å². The predicted molar refractivity (Wildman–Crippen MR) is 129 cm³/mol. The van der Waals surface area contributed by atoms with E-state index in [0.29, 0.717) is 31.9 Å². The molecule has 5 nitrogen and oxygen atoms in total. The molecule has 0 radical (unpaired) electrons. The number of hydrogen-bond donors (Lipinski definition) is 1. The predicted octanol–water partition coefficient (Wildman–Crippen LogP) is 7.67. The van der Waals surface area contributed by atoms with Crippen LogP contribution in [-0.4, -0.2) is 40.8 Å². The summed E-state index contributed by atoms with van der Waals surface area (Å²) in [6.45, 7) is 13.3. The second kappa shape index (κ2) is 17.3. The Kier molecular flexibility index (Phi) is 16.6. The third kappa shape index (κ3) is 12.4. The van der Waals surface area contributed by atoms with Crippen LogP contribution in [0.1, 0.15) is 125 Å². The first-order chi connectivity index (χ1) is 14.7. The summed E-state index contributed by atoms with van der Waals surface area (Å²) in [5.41, 5.74) is -1.19. The van der Waals surface area contributed by atoms with Crippen molar-refractivity contribution >= 4 is 12.1 Å². The van der Waals surface area contributed by atoms with Crippen molar-refractivity contribution in [2.45, 2.75) is 131 Å². The monoisotopic (exact) mass is 441 g/mol. The Bertz CT molecular complexity index is 478. The molecule has 0 saturated heterocycles. The van der Waals surface area contributed by atoms with Crippen LogP contribution in [0, 0.1) is 11.8 Å². The molecule has 0 bridgehead atoms. The van der Waals surface area contributed by atoms with Crippen molar-refractivity contribution in [1.82, 2.24) is 4.90 Å². The molecule has 1 atom stereocenters. The molecule has 0 aromatic carbocycles. The molecule has 1 amide bonds. The van der Waals surface area contributed by atoms with Gasteiger partial charge in [0.2, 0.25) is 0 Å². The Morgan fingerprint density at radius 2 is 1.39 bits per heavy atom. The van der Waals surface area contributed by atoms with Crippen molar-refractivity contribution in [3.05, 3.63) is 0 Å². The molecule has 0 rings (SSSR count). The van der Waals surface area contributed by atoms with Gasteiger partial charge >= 0.3 is 12.1 Å². The van der Waals surface area contributed by atoms with Crippen LogP contribution in [0.4, 0.5) is 4.79 Å². The number of carboxylic acids is 1. The van der Waals surface area contributed by atoms with Gasteiger partial charge in [0.05, 0.1) is 6.61 Å². The van der Waals surface area contributed by atoms with E-state index in [1.165, 1.54) is 32.1 Å². The van der Waals surface area contributed by atoms with Crippen LogP contribution in [0.2, 0.25) is 0 Å². The first kappa shape index (κ1) is 29.7. The summed E-state index contributed by atoms with van der Waals surface area (Å²) in [6, 6.07) is 0. The molecular weight excluding hydrogens is 390 g/mol. The summed E-state index contributed by atoms with van der Waals surface area (Å²) in [4.78, 5) is 27.3. The number of carboxylic acid groups (broad SMARTS) is 1. The van der Waals surface area contributed by atoms with Crippen molar-refractivity contribution in [2.75, 3.05) is 13.2 Å². The third-order valence-electron chi connectivity index (χ3n) is 5.98. The average Bonchev–Trinajstić information content (AvgIpc) is 2.69. The van der Waals surface area contributed by atoms with Crippen molar-refractivity contribution in [3.63, 3.8) is 0 Å². The highest BCUT2D eigenvalue weighted by Crippen LogP contribution is 2.33. The number of nitrogens with zero attached hydrogens (tertiary/aromatic N) is 1. The van der Waals surface area contributed by atoms with Crippen LogP contribution in [-0.2, 0) is 9.53 Å². The van der Waals surface area contributed by atoms with Crippen LogP contribution in [0.5, 0.6) is 0 Å². The normalized spacial score (nSPS) is 13.4. The molecule has 0 heterocycles. The summed E-state index contributed by atoms with van der Waals surface area (Å²) in [7, 11) is 0. The molecule has 0 aliphatic heterocycles. The van der Waals surface area contributed by atoms with E-state index in [-0.39, 0.29) is 5.92 Å². The van der Waals surface area contributed by atoms with Gasteiger partial charge in [0.15, 0.2) is 0 Å². The van der Waals surface area contributed by atoms with Crippen LogP contribution in [0.3, 0.4) is 0 Å². The molecule has 1 N–H and O–H groups in total. The van der Waals surface area contributed by atoms with E-state index in [2.05, 4.69) is 27.7 Å². The topological polar surface area (TPSA) is 66.8 Å². The zero-order valence-electron chi connectivity index (χ0n) is 21.4. The Hall–Kier alpha value is -1.26. The molecule has 0 aromatic heterocycles. The van der Waals surface area contributed by atoms with Gasteiger partial charge in [-0.2, -0.15) is 0 Å². The minimum absolute atomic E-state index is 0.174. The number of hydrogen-bond acceptors (Lipinski definition) is 3. The van der Waals surface area contributed by atoms with E-state index >= 15 is 0 Å². The summed E-state index contributed by atoms with van der Waals surface area (Å²) in [6.07, 6.45) is 12.3. The van der Waals surface area contributed by atoms with E-state index in [1.807, 2.05) is 13.8 Å². The highest BCUT2D eigenvalue weighted by Gasteiger charge is 2.47. The number of rotatable bonds is 19. The summed E-state index contributed by atoms with van der Waals surface area (Å²) >= 11 is 0. The SMILES string of the molecule is CCCCCCCCCCN(C(=O)OCCCC)C(CCC(C)C)(CC(C)C)C(=O)O. The van der Waals surface area contributed by atoms with Gasteiger partial charge in [0.1, 0.15) is 5.54 Å². The molecule has 5 heteroatoms. The highest BCUT2D eigenvalue weighted by atomic mass is 16.6. The van der Waals surface area contributed by atoms with Gasteiger partial charge < -0.3 is 9.84 Å². The van der Waals surface area contributed by atoms with Gasteiger partial charge in [0, 0.05) is 6.54 Å². The first-order valence-corrected chi connectivity index (χ1v) is 12.9. The standard InChI is InChI=1S/C26H51NO4/c1-7-9-11-12-13-14-15-16-19-27(25(30)31-20-10-8-2)26(24(28)29,21-23(5)6)18-17-22(3)4/h22-23H,7-21H2,1-6H3,(H,28,29). The lowest BCUT2D eigenvalue weighted by Crippen LogP contribution is -2.58. The van der Waals surface area contributed by atoms with Crippen molar-refractivity contribution in [2.24, 2.45) is 11.8 Å². The molecule has 184 valence electrons. The molecule has 1 unspecified atom stereocenters. The number of amides is 1. The fraction of sp³-hybridized carbons (Fsp3) is 0.923. The van der Waals surface area contributed by atoms with Crippen molar-refractivity contribution in [3.8, 4) is 0 Å². The summed E-state index contributed by atoms with van der Waals surface area (Å²) in [5.74, 6) is -0.339. The fourth-order valence-electron chi connectivity index (χ4n) is 4.13. The lowest BCUT2D eigenvalue weighted by atomic mass is 9.81. The number of aliphatic carboxylic acids is 1. The molecule has 0 saturated carbocycles. The fourth-order valence-corrected chi connectivity index (χ4v) is 4.13. The molecule has 0 aliphatic rings. The van der Waals surface area contributed by atoms with Crippen LogP contribution < -0.4 is 0 Å². The summed E-state index contributed by atoms with van der Waals surface area (Å²) < 4.78 is 5.54. The van der Waals surface area contributed by atoms with E-state index in [0.717, 1.165) is 38.5 Å². The Morgan fingerprint density at radius 3 is 1.87 bits per heavy atom. The van der Waals surface area contributed by atoms with Crippen LogP contribution in [0.15, 0.2) is 0 Å². The van der Waals surface area contributed by atoms with E-state index in [4.69, 9.17) is 4.74 Å². The summed E-state index contributed by atoms with van der Waals surface area (Å²) in [5, 5.41) is 10.4. The van der Waals surface area contributed by atoms with Gasteiger partial charge in [-0.3, -0.25) is 4.90 Å². The van der Waals surface area contributed by atoms with Gasteiger partial charge in [-0.25, -0.2) is 9.59 Å². The maximum absolute atomic E-state index is 13.1. The second-order valence-electron chi connectivity index (χ2n) is 9.96. The Balaban J connectivity index is 5.34. The molecule has 0 fully saturated rings. The third-order valence-corrected chi connectivity index (χ3v) is 5.98. The van der Waals surface area contributed by atoms with Gasteiger partial charge in [-0.05, 0) is 43.9 Å². The maximum atomic E-state index is 13.1. The van der Waals surface area contributed by atoms with Crippen molar-refractivity contribution < 1.29 is 19.4 Å². The Labute approximate surface area is 192 Å². The van der Waals surface area contributed by atoms with Gasteiger partial charge in [0.25, 0.3) is 0 Å². The Morgan fingerprint density at radius 1 is 0.839 bits per heavy atom.